The molecule has 0 fully saturated rings. The van der Waals surface area contributed by atoms with E-state index in [0.29, 0.717) is 18.2 Å². The van der Waals surface area contributed by atoms with Gasteiger partial charge in [-0.2, -0.15) is 5.10 Å². The van der Waals surface area contributed by atoms with Gasteiger partial charge in [0, 0.05) is 16.6 Å². The SMILES string of the molecule is CCCn1nc(C)c(N)c1OCc1ccccc1Br. The van der Waals surface area contributed by atoms with Crippen molar-refractivity contribution in [2.75, 3.05) is 5.73 Å². The van der Waals surface area contributed by atoms with Crippen LogP contribution < -0.4 is 10.5 Å². The maximum absolute atomic E-state index is 6.02. The highest BCUT2D eigenvalue weighted by Gasteiger charge is 2.13. The predicted molar refractivity (Wildman–Crippen MR) is 80.1 cm³/mol. The van der Waals surface area contributed by atoms with Crippen LogP contribution in [-0.2, 0) is 13.2 Å². The van der Waals surface area contributed by atoms with E-state index in [4.69, 9.17) is 10.5 Å². The molecule has 0 aliphatic rings. The van der Waals surface area contributed by atoms with Crippen molar-refractivity contribution >= 4 is 21.6 Å². The number of hydrogen-bond acceptors (Lipinski definition) is 3. The molecule has 2 aromatic rings. The Bertz CT molecular complexity index is 566. The van der Waals surface area contributed by atoms with Crippen molar-refractivity contribution in [1.82, 2.24) is 9.78 Å². The van der Waals surface area contributed by atoms with Crippen molar-refractivity contribution in [3.63, 3.8) is 0 Å². The van der Waals surface area contributed by atoms with E-state index in [2.05, 4.69) is 28.0 Å². The number of hydrogen-bond donors (Lipinski definition) is 1. The third-order valence-electron chi connectivity index (χ3n) is 2.88. The zero-order chi connectivity index (χ0) is 13.8. The van der Waals surface area contributed by atoms with E-state index >= 15 is 0 Å². The Hall–Kier alpha value is -1.49. The number of nitrogens with zero attached hydrogens (tertiary/aromatic N) is 2. The lowest BCUT2D eigenvalue weighted by molar-refractivity contribution is 0.272. The van der Waals surface area contributed by atoms with Crippen LogP contribution in [0.1, 0.15) is 24.6 Å². The average Bonchev–Trinajstić information content (AvgIpc) is 2.65. The molecule has 1 aromatic carbocycles. The third-order valence-corrected chi connectivity index (χ3v) is 3.66. The fourth-order valence-corrected chi connectivity index (χ4v) is 2.25. The molecule has 2 rings (SSSR count). The van der Waals surface area contributed by atoms with E-state index < -0.39 is 0 Å². The molecule has 0 saturated heterocycles. The van der Waals surface area contributed by atoms with Gasteiger partial charge in [0.05, 0.1) is 5.69 Å². The molecule has 0 aliphatic heterocycles. The Morgan fingerprint density at radius 2 is 2.11 bits per heavy atom. The number of anilines is 1. The van der Waals surface area contributed by atoms with Gasteiger partial charge >= 0.3 is 0 Å². The van der Waals surface area contributed by atoms with Crippen molar-refractivity contribution in [3.8, 4) is 5.88 Å². The molecule has 5 heteroatoms. The molecule has 0 bridgehead atoms. The maximum atomic E-state index is 6.02. The highest BCUT2D eigenvalue weighted by atomic mass is 79.9. The molecule has 0 aliphatic carbocycles. The first-order chi connectivity index (χ1) is 9.13. The van der Waals surface area contributed by atoms with Gasteiger partial charge in [-0.15, -0.1) is 0 Å². The van der Waals surface area contributed by atoms with E-state index in [-0.39, 0.29) is 0 Å². The van der Waals surface area contributed by atoms with Crippen LogP contribution in [0.25, 0.3) is 0 Å². The van der Waals surface area contributed by atoms with Crippen LogP contribution in [0.3, 0.4) is 0 Å². The molecule has 0 amide bonds. The lowest BCUT2D eigenvalue weighted by atomic mass is 10.2. The van der Waals surface area contributed by atoms with Gasteiger partial charge in [0.25, 0.3) is 0 Å². The number of halogens is 1. The Kier molecular flexibility index (Phi) is 4.47. The molecule has 4 nitrogen and oxygen atoms in total. The number of rotatable bonds is 5. The summed E-state index contributed by atoms with van der Waals surface area (Å²) in [6, 6.07) is 7.99. The van der Waals surface area contributed by atoms with Crippen molar-refractivity contribution in [3.05, 3.63) is 40.0 Å². The van der Waals surface area contributed by atoms with Crippen LogP contribution in [0.4, 0.5) is 5.69 Å². The zero-order valence-corrected chi connectivity index (χ0v) is 12.8. The van der Waals surface area contributed by atoms with Crippen molar-refractivity contribution in [1.29, 1.82) is 0 Å². The standard InChI is InChI=1S/C14H18BrN3O/c1-3-8-18-14(13(16)10(2)17-18)19-9-11-6-4-5-7-12(11)15/h4-7H,3,8-9,16H2,1-2H3. The highest BCUT2D eigenvalue weighted by molar-refractivity contribution is 9.10. The average molecular weight is 324 g/mol. The minimum Gasteiger partial charge on any atom is -0.471 e. The molecular weight excluding hydrogens is 306 g/mol. The first-order valence-electron chi connectivity index (χ1n) is 6.32. The maximum Gasteiger partial charge on any atom is 0.236 e. The van der Waals surface area contributed by atoms with Gasteiger partial charge in [0.2, 0.25) is 5.88 Å². The minimum atomic E-state index is 0.473. The fourth-order valence-electron chi connectivity index (χ4n) is 1.85. The molecule has 2 N–H and O–H groups in total. The third kappa shape index (κ3) is 3.10. The molecule has 0 spiro atoms. The number of aromatic nitrogens is 2. The monoisotopic (exact) mass is 323 g/mol. The summed E-state index contributed by atoms with van der Waals surface area (Å²) in [7, 11) is 0. The topological polar surface area (TPSA) is 53.1 Å². The van der Waals surface area contributed by atoms with Gasteiger partial charge in [-0.3, -0.25) is 0 Å². The second kappa shape index (κ2) is 6.10. The zero-order valence-electron chi connectivity index (χ0n) is 11.2. The van der Waals surface area contributed by atoms with Crippen molar-refractivity contribution < 1.29 is 4.74 Å². The summed E-state index contributed by atoms with van der Waals surface area (Å²) in [5.41, 5.74) is 8.54. The van der Waals surface area contributed by atoms with Crippen LogP contribution in [0.2, 0.25) is 0 Å². The number of nitrogens with two attached hydrogens (primary N) is 1. The van der Waals surface area contributed by atoms with Gasteiger partial charge in [0.1, 0.15) is 12.3 Å². The van der Waals surface area contributed by atoms with Gasteiger partial charge < -0.3 is 10.5 Å². The van der Waals surface area contributed by atoms with Crippen LogP contribution in [0, 0.1) is 6.92 Å². The molecule has 102 valence electrons. The Balaban J connectivity index is 2.17. The van der Waals surface area contributed by atoms with Crippen LogP contribution in [-0.4, -0.2) is 9.78 Å². The molecule has 0 saturated carbocycles. The number of nitrogen functional groups attached to an aromatic ring is 1. The largest absolute Gasteiger partial charge is 0.471 e. The normalized spacial score (nSPS) is 10.7. The van der Waals surface area contributed by atoms with E-state index in [1.165, 1.54) is 0 Å². The fraction of sp³-hybridized carbons (Fsp3) is 0.357. The summed E-state index contributed by atoms with van der Waals surface area (Å²) in [6.07, 6.45) is 0.992. The Morgan fingerprint density at radius 3 is 2.79 bits per heavy atom. The molecule has 1 heterocycles. The van der Waals surface area contributed by atoms with Crippen LogP contribution in [0.5, 0.6) is 5.88 Å². The Morgan fingerprint density at radius 1 is 1.37 bits per heavy atom. The Labute approximate surface area is 121 Å². The van der Waals surface area contributed by atoms with Crippen molar-refractivity contribution in [2.24, 2.45) is 0 Å². The van der Waals surface area contributed by atoms with E-state index in [0.717, 1.165) is 28.7 Å². The van der Waals surface area contributed by atoms with E-state index in [9.17, 15) is 0 Å². The lowest BCUT2D eigenvalue weighted by Gasteiger charge is -2.10. The van der Waals surface area contributed by atoms with Crippen LogP contribution in [0.15, 0.2) is 28.7 Å². The number of ether oxygens (including phenoxy) is 1. The first-order valence-corrected chi connectivity index (χ1v) is 7.11. The minimum absolute atomic E-state index is 0.473. The summed E-state index contributed by atoms with van der Waals surface area (Å²) in [6.45, 7) is 5.28. The van der Waals surface area contributed by atoms with Crippen molar-refractivity contribution in [2.45, 2.75) is 33.4 Å². The summed E-state index contributed by atoms with van der Waals surface area (Å²) in [5, 5.41) is 4.39. The summed E-state index contributed by atoms with van der Waals surface area (Å²) in [5.74, 6) is 0.662. The quantitative estimate of drug-likeness (QED) is 0.915. The van der Waals surface area contributed by atoms with Gasteiger partial charge in [-0.1, -0.05) is 41.1 Å². The molecule has 1 aromatic heterocycles. The molecule has 0 atom stereocenters. The number of benzene rings is 1. The lowest BCUT2D eigenvalue weighted by Crippen LogP contribution is -2.06. The second-order valence-electron chi connectivity index (χ2n) is 4.41. The summed E-state index contributed by atoms with van der Waals surface area (Å²) in [4.78, 5) is 0. The highest BCUT2D eigenvalue weighted by Crippen LogP contribution is 2.27. The molecule has 0 radical (unpaired) electrons. The van der Waals surface area contributed by atoms with Gasteiger partial charge in [-0.05, 0) is 19.4 Å². The molecular formula is C14H18BrN3O. The number of aryl methyl sites for hydroxylation is 2. The first kappa shape index (κ1) is 13.9. The van der Waals surface area contributed by atoms with Gasteiger partial charge in [0.15, 0.2) is 0 Å². The van der Waals surface area contributed by atoms with E-state index in [1.54, 1.807) is 0 Å². The van der Waals surface area contributed by atoms with Crippen LogP contribution >= 0.6 is 15.9 Å². The second-order valence-corrected chi connectivity index (χ2v) is 5.26. The molecule has 19 heavy (non-hydrogen) atoms. The molecule has 0 unspecified atom stereocenters. The predicted octanol–water partition coefficient (Wildman–Crippen LogP) is 3.53. The van der Waals surface area contributed by atoms with E-state index in [1.807, 2.05) is 35.9 Å². The smallest absolute Gasteiger partial charge is 0.236 e. The summed E-state index contributed by atoms with van der Waals surface area (Å²) >= 11 is 3.51. The van der Waals surface area contributed by atoms with Gasteiger partial charge in [-0.25, -0.2) is 4.68 Å². The summed E-state index contributed by atoms with van der Waals surface area (Å²) < 4.78 is 8.72.